The molecule has 1 aromatic rings. The fraction of sp³-hybridized carbons (Fsp3) is 0.562. The highest BCUT2D eigenvalue weighted by molar-refractivity contribution is 5.94. The minimum atomic E-state index is 0.0487. The van der Waals surface area contributed by atoms with Gasteiger partial charge in [0.25, 0.3) is 0 Å². The predicted molar refractivity (Wildman–Crippen MR) is 84.4 cm³/mol. The van der Waals surface area contributed by atoms with Crippen LogP contribution in [0.15, 0.2) is 30.3 Å². The molecule has 1 aromatic carbocycles. The minimum Gasteiger partial charge on any atom is -0.395 e. The summed E-state index contributed by atoms with van der Waals surface area (Å²) in [5, 5.41) is 12.6. The molecule has 1 unspecified atom stereocenters. The van der Waals surface area contributed by atoms with Crippen molar-refractivity contribution >= 4 is 11.6 Å². The van der Waals surface area contributed by atoms with Gasteiger partial charge in [-0.3, -0.25) is 9.69 Å². The van der Waals surface area contributed by atoms with E-state index in [2.05, 4.69) is 5.32 Å². The second-order valence-electron chi connectivity index (χ2n) is 5.54. The van der Waals surface area contributed by atoms with Crippen LogP contribution >= 0.6 is 0 Å². The summed E-state index contributed by atoms with van der Waals surface area (Å²) < 4.78 is 0. The number of likely N-dealkylation sites (N-methyl/N-ethyl adjacent to an activating group) is 1. The monoisotopic (exact) mass is 291 g/mol. The van der Waals surface area contributed by atoms with Crippen LogP contribution in [-0.2, 0) is 4.79 Å². The van der Waals surface area contributed by atoms with Crippen LogP contribution in [-0.4, -0.2) is 61.8 Å². The Kier molecular flexibility index (Phi) is 6.17. The number of carbonyl (C=O) groups excluding carboxylic acids is 1. The number of anilines is 1. The molecule has 1 heterocycles. The van der Waals surface area contributed by atoms with E-state index in [1.165, 1.54) is 6.42 Å². The van der Waals surface area contributed by atoms with Crippen LogP contribution in [0.1, 0.15) is 12.8 Å². The maximum atomic E-state index is 12.4. The number of nitrogens with one attached hydrogen (secondary N) is 1. The Balaban J connectivity index is 1.90. The maximum absolute atomic E-state index is 12.4. The van der Waals surface area contributed by atoms with Gasteiger partial charge in [0.05, 0.1) is 13.2 Å². The Morgan fingerprint density at radius 1 is 1.38 bits per heavy atom. The summed E-state index contributed by atoms with van der Waals surface area (Å²) in [6.07, 6.45) is 2.33. The van der Waals surface area contributed by atoms with Crippen molar-refractivity contribution in [3.63, 3.8) is 0 Å². The average molecular weight is 291 g/mol. The molecule has 1 aliphatic rings. The highest BCUT2D eigenvalue weighted by Crippen LogP contribution is 2.12. The molecule has 21 heavy (non-hydrogen) atoms. The zero-order valence-corrected chi connectivity index (χ0v) is 12.7. The summed E-state index contributed by atoms with van der Waals surface area (Å²) in [7, 11) is 1.79. The molecule has 0 radical (unpaired) electrons. The van der Waals surface area contributed by atoms with Crippen LogP contribution in [0, 0.1) is 0 Å². The first-order valence-corrected chi connectivity index (χ1v) is 7.59. The van der Waals surface area contributed by atoms with Crippen LogP contribution in [0.2, 0.25) is 0 Å². The maximum Gasteiger partial charge on any atom is 0.240 e. The molecule has 0 aliphatic carbocycles. The van der Waals surface area contributed by atoms with Gasteiger partial charge in [-0.2, -0.15) is 0 Å². The smallest absolute Gasteiger partial charge is 0.240 e. The molecule has 1 atom stereocenters. The minimum absolute atomic E-state index is 0.0487. The molecule has 1 aliphatic heterocycles. The highest BCUT2D eigenvalue weighted by Gasteiger charge is 2.21. The lowest BCUT2D eigenvalue weighted by Crippen LogP contribution is -2.44. The van der Waals surface area contributed by atoms with E-state index in [0.717, 1.165) is 25.2 Å². The van der Waals surface area contributed by atoms with E-state index in [4.69, 9.17) is 0 Å². The quantitative estimate of drug-likeness (QED) is 0.776. The van der Waals surface area contributed by atoms with Crippen molar-refractivity contribution in [2.24, 2.45) is 0 Å². The van der Waals surface area contributed by atoms with Crippen molar-refractivity contribution in [2.75, 3.05) is 44.7 Å². The van der Waals surface area contributed by atoms with E-state index in [0.29, 0.717) is 19.1 Å². The van der Waals surface area contributed by atoms with Crippen LogP contribution in [0.25, 0.3) is 0 Å². The molecular weight excluding hydrogens is 266 g/mol. The molecule has 0 bridgehead atoms. The molecule has 0 spiro atoms. The lowest BCUT2D eigenvalue weighted by molar-refractivity contribution is -0.119. The van der Waals surface area contributed by atoms with Gasteiger partial charge in [0, 0.05) is 31.9 Å². The molecule has 5 nitrogen and oxygen atoms in total. The highest BCUT2D eigenvalue weighted by atomic mass is 16.3. The second kappa shape index (κ2) is 8.12. The SMILES string of the molecule is CN(C(=O)CN(CCO)CC1CCCN1)c1ccccc1. The zero-order valence-electron chi connectivity index (χ0n) is 12.7. The molecule has 1 amide bonds. The van der Waals surface area contributed by atoms with Gasteiger partial charge < -0.3 is 15.3 Å². The first kappa shape index (κ1) is 15.9. The van der Waals surface area contributed by atoms with Gasteiger partial charge in [-0.25, -0.2) is 0 Å². The zero-order chi connectivity index (χ0) is 15.1. The van der Waals surface area contributed by atoms with Crippen LogP contribution < -0.4 is 10.2 Å². The Morgan fingerprint density at radius 2 is 2.14 bits per heavy atom. The Hall–Kier alpha value is -1.43. The predicted octanol–water partition coefficient (Wildman–Crippen LogP) is 0.696. The van der Waals surface area contributed by atoms with Crippen LogP contribution in [0.5, 0.6) is 0 Å². The lowest BCUT2D eigenvalue weighted by Gasteiger charge is -2.26. The molecule has 2 rings (SSSR count). The number of aliphatic hydroxyl groups is 1. The standard InChI is InChI=1S/C16H25N3O2/c1-18(15-7-3-2-4-8-15)16(21)13-19(10-11-20)12-14-6-5-9-17-14/h2-4,7-8,14,17,20H,5-6,9-13H2,1H3. The van der Waals surface area contributed by atoms with E-state index < -0.39 is 0 Å². The van der Waals surface area contributed by atoms with E-state index in [1.807, 2.05) is 35.2 Å². The normalized spacial score (nSPS) is 18.1. The van der Waals surface area contributed by atoms with E-state index in [9.17, 15) is 9.90 Å². The van der Waals surface area contributed by atoms with Gasteiger partial charge in [0.1, 0.15) is 0 Å². The number of hydrogen-bond acceptors (Lipinski definition) is 4. The van der Waals surface area contributed by atoms with Gasteiger partial charge in [-0.1, -0.05) is 18.2 Å². The molecule has 116 valence electrons. The molecule has 0 aromatic heterocycles. The number of rotatable bonds is 7. The van der Waals surface area contributed by atoms with E-state index in [1.54, 1.807) is 11.9 Å². The van der Waals surface area contributed by atoms with Crippen molar-refractivity contribution in [2.45, 2.75) is 18.9 Å². The largest absolute Gasteiger partial charge is 0.395 e. The van der Waals surface area contributed by atoms with Gasteiger partial charge in [0.15, 0.2) is 0 Å². The summed E-state index contributed by atoms with van der Waals surface area (Å²) in [6, 6.07) is 10.1. The number of nitrogens with zero attached hydrogens (tertiary/aromatic N) is 2. The number of para-hydroxylation sites is 1. The van der Waals surface area contributed by atoms with Gasteiger partial charge >= 0.3 is 0 Å². The van der Waals surface area contributed by atoms with Crippen LogP contribution in [0.3, 0.4) is 0 Å². The number of aliphatic hydroxyl groups excluding tert-OH is 1. The third kappa shape index (κ3) is 4.81. The third-order valence-corrected chi connectivity index (χ3v) is 3.93. The third-order valence-electron chi connectivity index (χ3n) is 3.93. The molecule has 5 heteroatoms. The first-order chi connectivity index (χ1) is 10.2. The summed E-state index contributed by atoms with van der Waals surface area (Å²) in [5.41, 5.74) is 0.894. The number of carbonyl (C=O) groups is 1. The topological polar surface area (TPSA) is 55.8 Å². The molecule has 0 saturated carbocycles. The van der Waals surface area contributed by atoms with Crippen molar-refractivity contribution in [1.82, 2.24) is 10.2 Å². The van der Waals surface area contributed by atoms with E-state index >= 15 is 0 Å². The van der Waals surface area contributed by atoms with Gasteiger partial charge in [-0.05, 0) is 31.5 Å². The van der Waals surface area contributed by atoms with Crippen molar-refractivity contribution in [3.05, 3.63) is 30.3 Å². The summed E-state index contributed by atoms with van der Waals surface area (Å²) in [6.45, 7) is 2.82. The molecule has 1 saturated heterocycles. The first-order valence-electron chi connectivity index (χ1n) is 7.59. The fourth-order valence-electron chi connectivity index (χ4n) is 2.69. The number of amides is 1. The molecule has 2 N–H and O–H groups in total. The van der Waals surface area contributed by atoms with Gasteiger partial charge in [-0.15, -0.1) is 0 Å². The second-order valence-corrected chi connectivity index (χ2v) is 5.54. The summed E-state index contributed by atoms with van der Waals surface area (Å²) >= 11 is 0. The summed E-state index contributed by atoms with van der Waals surface area (Å²) in [4.78, 5) is 16.1. The van der Waals surface area contributed by atoms with E-state index in [-0.39, 0.29) is 12.5 Å². The number of benzene rings is 1. The van der Waals surface area contributed by atoms with Crippen molar-refractivity contribution < 1.29 is 9.90 Å². The van der Waals surface area contributed by atoms with Crippen molar-refractivity contribution in [1.29, 1.82) is 0 Å². The Labute approximate surface area is 126 Å². The Bertz CT molecular complexity index is 432. The number of hydrogen-bond donors (Lipinski definition) is 2. The Morgan fingerprint density at radius 3 is 2.76 bits per heavy atom. The van der Waals surface area contributed by atoms with Crippen molar-refractivity contribution in [3.8, 4) is 0 Å². The summed E-state index contributed by atoms with van der Waals surface area (Å²) in [5.74, 6) is 0.0487. The van der Waals surface area contributed by atoms with Gasteiger partial charge in [0.2, 0.25) is 5.91 Å². The lowest BCUT2D eigenvalue weighted by atomic mass is 10.2. The molecular formula is C16H25N3O2. The molecule has 1 fully saturated rings. The fourth-order valence-corrected chi connectivity index (χ4v) is 2.69. The van der Waals surface area contributed by atoms with Crippen LogP contribution in [0.4, 0.5) is 5.69 Å². The average Bonchev–Trinajstić information content (AvgIpc) is 3.00.